The molecule has 6 nitrogen and oxygen atoms in total. The molecule has 0 spiro atoms. The minimum atomic E-state index is -0.535. The SMILES string of the molecule is Cc1cc(NC(=O)CN(C(=O)c2ccc(-c3ccccc3)cc2)C(C)(C)C)no1. The minimum absolute atomic E-state index is 0.0886. The van der Waals surface area contributed by atoms with E-state index in [1.807, 2.05) is 63.2 Å². The molecule has 0 atom stereocenters. The Morgan fingerprint density at radius 1 is 1.00 bits per heavy atom. The average molecular weight is 391 g/mol. The van der Waals surface area contributed by atoms with Crippen LogP contribution in [0.25, 0.3) is 11.1 Å². The van der Waals surface area contributed by atoms with Crippen molar-refractivity contribution >= 4 is 17.6 Å². The topological polar surface area (TPSA) is 75.4 Å². The van der Waals surface area contributed by atoms with Gasteiger partial charge in [0.25, 0.3) is 5.91 Å². The Morgan fingerprint density at radius 3 is 2.17 bits per heavy atom. The van der Waals surface area contributed by atoms with E-state index in [4.69, 9.17) is 4.52 Å². The van der Waals surface area contributed by atoms with E-state index in [0.717, 1.165) is 11.1 Å². The molecule has 2 aromatic carbocycles. The molecule has 0 fully saturated rings. The summed E-state index contributed by atoms with van der Waals surface area (Å²) in [6, 6.07) is 19.0. The molecule has 1 N–H and O–H groups in total. The molecule has 0 saturated heterocycles. The lowest BCUT2D eigenvalue weighted by molar-refractivity contribution is -0.117. The zero-order valence-electron chi connectivity index (χ0n) is 17.1. The number of aryl methyl sites for hydroxylation is 1. The van der Waals surface area contributed by atoms with Gasteiger partial charge in [0.2, 0.25) is 5.91 Å². The van der Waals surface area contributed by atoms with Crippen LogP contribution in [0.5, 0.6) is 0 Å². The van der Waals surface area contributed by atoms with Gasteiger partial charge in [-0.05, 0) is 51.0 Å². The molecule has 3 aromatic rings. The highest BCUT2D eigenvalue weighted by atomic mass is 16.5. The number of hydrogen-bond donors (Lipinski definition) is 1. The Labute approximate surface area is 170 Å². The van der Waals surface area contributed by atoms with E-state index in [9.17, 15) is 9.59 Å². The molecule has 0 unspecified atom stereocenters. The lowest BCUT2D eigenvalue weighted by Crippen LogP contribution is -2.49. The normalized spacial score (nSPS) is 11.2. The van der Waals surface area contributed by atoms with Gasteiger partial charge in [0.05, 0.1) is 0 Å². The van der Waals surface area contributed by atoms with E-state index in [-0.39, 0.29) is 18.4 Å². The smallest absolute Gasteiger partial charge is 0.254 e. The summed E-state index contributed by atoms with van der Waals surface area (Å²) in [5.74, 6) is 0.398. The second-order valence-corrected chi connectivity index (χ2v) is 7.88. The van der Waals surface area contributed by atoms with Crippen LogP contribution in [0.15, 0.2) is 65.2 Å². The summed E-state index contributed by atoms with van der Waals surface area (Å²) >= 11 is 0. The summed E-state index contributed by atoms with van der Waals surface area (Å²) in [6.45, 7) is 7.35. The molecular formula is C23H25N3O3. The number of carbonyl (C=O) groups is 2. The highest BCUT2D eigenvalue weighted by Crippen LogP contribution is 2.22. The van der Waals surface area contributed by atoms with Crippen LogP contribution in [-0.4, -0.2) is 34.0 Å². The number of anilines is 1. The molecule has 2 amide bonds. The lowest BCUT2D eigenvalue weighted by Gasteiger charge is -2.35. The second-order valence-electron chi connectivity index (χ2n) is 7.88. The first-order chi connectivity index (χ1) is 13.7. The molecule has 150 valence electrons. The van der Waals surface area contributed by atoms with Gasteiger partial charge in [0.1, 0.15) is 12.3 Å². The number of amides is 2. The molecule has 6 heteroatoms. The molecule has 0 bridgehead atoms. The van der Waals surface area contributed by atoms with Crippen molar-refractivity contribution in [3.8, 4) is 11.1 Å². The van der Waals surface area contributed by atoms with E-state index < -0.39 is 5.54 Å². The van der Waals surface area contributed by atoms with Crippen molar-refractivity contribution in [1.82, 2.24) is 10.1 Å². The van der Waals surface area contributed by atoms with Crippen molar-refractivity contribution in [2.45, 2.75) is 33.2 Å². The number of carbonyl (C=O) groups excluding carboxylic acids is 2. The molecule has 1 heterocycles. The predicted molar refractivity (Wildman–Crippen MR) is 113 cm³/mol. The van der Waals surface area contributed by atoms with E-state index in [1.165, 1.54) is 0 Å². The third-order valence-electron chi connectivity index (χ3n) is 4.49. The quantitative estimate of drug-likeness (QED) is 0.693. The van der Waals surface area contributed by atoms with Crippen molar-refractivity contribution in [2.75, 3.05) is 11.9 Å². The van der Waals surface area contributed by atoms with Crippen LogP contribution < -0.4 is 5.32 Å². The van der Waals surface area contributed by atoms with Gasteiger partial charge in [-0.25, -0.2) is 0 Å². The van der Waals surface area contributed by atoms with Crippen LogP contribution in [0.2, 0.25) is 0 Å². The van der Waals surface area contributed by atoms with Crippen LogP contribution in [0.3, 0.4) is 0 Å². The summed E-state index contributed by atoms with van der Waals surface area (Å²) in [7, 11) is 0. The van der Waals surface area contributed by atoms with E-state index in [2.05, 4.69) is 10.5 Å². The maximum absolute atomic E-state index is 13.1. The Hall–Kier alpha value is -3.41. The highest BCUT2D eigenvalue weighted by molar-refractivity contribution is 5.99. The summed E-state index contributed by atoms with van der Waals surface area (Å²) in [4.78, 5) is 27.2. The fraction of sp³-hybridized carbons (Fsp3) is 0.261. The molecule has 0 saturated carbocycles. The van der Waals surface area contributed by atoms with Crippen LogP contribution >= 0.6 is 0 Å². The first-order valence-corrected chi connectivity index (χ1v) is 9.44. The minimum Gasteiger partial charge on any atom is -0.360 e. The van der Waals surface area contributed by atoms with Crippen molar-refractivity contribution in [3.63, 3.8) is 0 Å². The summed E-state index contributed by atoms with van der Waals surface area (Å²) in [5.41, 5.74) is 2.11. The third kappa shape index (κ3) is 5.10. The third-order valence-corrected chi connectivity index (χ3v) is 4.49. The zero-order valence-corrected chi connectivity index (χ0v) is 17.1. The van der Waals surface area contributed by atoms with Gasteiger partial charge >= 0.3 is 0 Å². The van der Waals surface area contributed by atoms with Gasteiger partial charge in [-0.3, -0.25) is 9.59 Å². The fourth-order valence-corrected chi connectivity index (χ4v) is 2.96. The molecule has 1 aromatic heterocycles. The summed E-state index contributed by atoms with van der Waals surface area (Å²) in [5, 5.41) is 6.42. The van der Waals surface area contributed by atoms with Crippen LogP contribution in [-0.2, 0) is 4.79 Å². The van der Waals surface area contributed by atoms with E-state index in [0.29, 0.717) is 17.1 Å². The molecule has 3 rings (SSSR count). The van der Waals surface area contributed by atoms with Crippen molar-refractivity contribution in [2.24, 2.45) is 0 Å². The monoisotopic (exact) mass is 391 g/mol. The van der Waals surface area contributed by atoms with Crippen LogP contribution in [0.1, 0.15) is 36.9 Å². The van der Waals surface area contributed by atoms with Gasteiger partial charge in [0, 0.05) is 17.2 Å². The maximum atomic E-state index is 13.1. The first-order valence-electron chi connectivity index (χ1n) is 9.44. The van der Waals surface area contributed by atoms with E-state index in [1.54, 1.807) is 30.0 Å². The van der Waals surface area contributed by atoms with Crippen molar-refractivity contribution in [1.29, 1.82) is 0 Å². The Bertz CT molecular complexity index is 986. The Kier molecular flexibility index (Phi) is 5.82. The van der Waals surface area contributed by atoms with Crippen LogP contribution in [0, 0.1) is 6.92 Å². The second kappa shape index (κ2) is 8.31. The molecule has 0 aliphatic carbocycles. The average Bonchev–Trinajstić information content (AvgIpc) is 3.10. The standard InChI is InChI=1S/C23H25N3O3/c1-16-14-20(25-29-16)24-21(27)15-26(23(2,3)4)22(28)19-12-10-18(11-13-19)17-8-6-5-7-9-17/h5-14H,15H2,1-4H3,(H,24,25,27). The number of aromatic nitrogens is 1. The van der Waals surface area contributed by atoms with E-state index >= 15 is 0 Å². The molecule has 0 aliphatic heterocycles. The lowest BCUT2D eigenvalue weighted by atomic mass is 10.0. The van der Waals surface area contributed by atoms with Crippen LogP contribution in [0.4, 0.5) is 5.82 Å². The van der Waals surface area contributed by atoms with Gasteiger partial charge in [-0.2, -0.15) is 0 Å². The molecule has 0 aliphatic rings. The maximum Gasteiger partial charge on any atom is 0.254 e. The van der Waals surface area contributed by atoms with Gasteiger partial charge in [-0.15, -0.1) is 0 Å². The number of nitrogens with one attached hydrogen (secondary N) is 1. The Morgan fingerprint density at radius 2 is 1.62 bits per heavy atom. The van der Waals surface area contributed by atoms with Crippen molar-refractivity contribution < 1.29 is 14.1 Å². The summed E-state index contributed by atoms with van der Waals surface area (Å²) < 4.78 is 4.96. The highest BCUT2D eigenvalue weighted by Gasteiger charge is 2.29. The van der Waals surface area contributed by atoms with Gasteiger partial charge < -0.3 is 14.7 Å². The molecular weight excluding hydrogens is 366 g/mol. The number of hydrogen-bond acceptors (Lipinski definition) is 4. The first kappa shape index (κ1) is 20.3. The number of rotatable bonds is 5. The largest absolute Gasteiger partial charge is 0.360 e. The zero-order chi connectivity index (χ0) is 21.0. The fourth-order valence-electron chi connectivity index (χ4n) is 2.96. The number of nitrogens with zero attached hydrogens (tertiary/aromatic N) is 2. The molecule has 0 radical (unpaired) electrons. The molecule has 29 heavy (non-hydrogen) atoms. The number of benzene rings is 2. The summed E-state index contributed by atoms with van der Waals surface area (Å²) in [6.07, 6.45) is 0. The predicted octanol–water partition coefficient (Wildman–Crippen LogP) is 4.53. The van der Waals surface area contributed by atoms with Gasteiger partial charge in [0.15, 0.2) is 5.82 Å². The van der Waals surface area contributed by atoms with Gasteiger partial charge in [-0.1, -0.05) is 47.6 Å². The van der Waals surface area contributed by atoms with Crippen molar-refractivity contribution in [3.05, 3.63) is 72.0 Å². The Balaban J connectivity index is 1.76.